The zero-order valence-corrected chi connectivity index (χ0v) is 13.1. The lowest BCUT2D eigenvalue weighted by atomic mass is 10.2. The molecule has 0 spiro atoms. The van der Waals surface area contributed by atoms with Crippen molar-refractivity contribution in [3.63, 3.8) is 0 Å². The highest BCUT2D eigenvalue weighted by molar-refractivity contribution is 6.36. The van der Waals surface area contributed by atoms with E-state index in [0.717, 1.165) is 0 Å². The summed E-state index contributed by atoms with van der Waals surface area (Å²) in [5.41, 5.74) is 1.02. The van der Waals surface area contributed by atoms with Crippen LogP contribution < -0.4 is 5.32 Å². The van der Waals surface area contributed by atoms with Gasteiger partial charge in [0.05, 0.1) is 10.7 Å². The average molecular weight is 351 g/mol. The Bertz CT molecular complexity index is 667. The maximum Gasteiger partial charge on any atom is 0.275 e. The lowest BCUT2D eigenvalue weighted by molar-refractivity contribution is 0.102. The third-order valence-corrected chi connectivity index (χ3v) is 3.39. The molecule has 104 valence electrons. The summed E-state index contributed by atoms with van der Waals surface area (Å²) in [6.07, 6.45) is 0. The molecule has 0 saturated carbocycles. The first-order chi connectivity index (χ1) is 9.38. The van der Waals surface area contributed by atoms with E-state index >= 15 is 0 Å². The van der Waals surface area contributed by atoms with Gasteiger partial charge in [0.1, 0.15) is 16.0 Å². The van der Waals surface area contributed by atoms with Crippen molar-refractivity contribution in [3.05, 3.63) is 49.9 Å². The molecule has 2 aromatic heterocycles. The number of aromatic nitrogens is 2. The van der Waals surface area contributed by atoms with E-state index in [1.54, 1.807) is 13.0 Å². The number of nitrogens with zero attached hydrogens (tertiary/aromatic N) is 2. The van der Waals surface area contributed by atoms with Crippen LogP contribution in [-0.2, 0) is 0 Å². The number of anilines is 1. The van der Waals surface area contributed by atoms with Crippen molar-refractivity contribution in [1.82, 2.24) is 9.97 Å². The van der Waals surface area contributed by atoms with Crippen molar-refractivity contribution in [3.8, 4) is 0 Å². The molecule has 1 amide bonds. The summed E-state index contributed by atoms with van der Waals surface area (Å²) in [6, 6.07) is 4.55. The van der Waals surface area contributed by atoms with Gasteiger partial charge in [-0.2, -0.15) is 0 Å². The first-order valence-electron chi connectivity index (χ1n) is 5.34. The van der Waals surface area contributed by atoms with Gasteiger partial charge >= 0.3 is 0 Å². The van der Waals surface area contributed by atoms with E-state index in [4.69, 9.17) is 46.4 Å². The number of pyridine rings is 2. The maximum absolute atomic E-state index is 12.1. The fraction of sp³-hybridized carbons (Fsp3) is 0.0833. The van der Waals surface area contributed by atoms with Gasteiger partial charge in [-0.15, -0.1) is 0 Å². The predicted molar refractivity (Wildman–Crippen MR) is 81.2 cm³/mol. The third-order valence-electron chi connectivity index (χ3n) is 2.41. The van der Waals surface area contributed by atoms with Gasteiger partial charge in [0.15, 0.2) is 5.15 Å². The molecule has 2 aromatic rings. The standard InChI is InChI=1S/C12H7Cl4N3O/c1-5-4-8(15)18-11(16)9(5)19-12(20)10-6(13)2-3-7(14)17-10/h2-4H,1H3,(H,19,20). The monoisotopic (exact) mass is 349 g/mol. The average Bonchev–Trinajstić information content (AvgIpc) is 2.36. The van der Waals surface area contributed by atoms with Crippen molar-refractivity contribution in [2.24, 2.45) is 0 Å². The molecule has 2 heterocycles. The molecule has 0 aromatic carbocycles. The molecule has 0 bridgehead atoms. The van der Waals surface area contributed by atoms with Gasteiger partial charge in [-0.05, 0) is 30.7 Å². The Hall–Kier alpha value is -1.07. The summed E-state index contributed by atoms with van der Waals surface area (Å²) in [7, 11) is 0. The number of carbonyl (C=O) groups excluding carboxylic acids is 1. The molecular formula is C12H7Cl4N3O. The van der Waals surface area contributed by atoms with Crippen LogP contribution >= 0.6 is 46.4 Å². The zero-order valence-electron chi connectivity index (χ0n) is 10.0. The number of amides is 1. The Labute approximate surface area is 135 Å². The van der Waals surface area contributed by atoms with Gasteiger partial charge < -0.3 is 5.32 Å². The largest absolute Gasteiger partial charge is 0.318 e. The second-order valence-corrected chi connectivity index (χ2v) is 5.39. The summed E-state index contributed by atoms with van der Waals surface area (Å²) in [5, 5.41) is 3.26. The van der Waals surface area contributed by atoms with E-state index in [1.807, 2.05) is 0 Å². The predicted octanol–water partition coefficient (Wildman–Crippen LogP) is 4.65. The quantitative estimate of drug-likeness (QED) is 0.802. The minimum absolute atomic E-state index is 0.00424. The van der Waals surface area contributed by atoms with Crippen molar-refractivity contribution in [2.75, 3.05) is 5.32 Å². The van der Waals surface area contributed by atoms with Crippen molar-refractivity contribution in [2.45, 2.75) is 6.92 Å². The second-order valence-electron chi connectivity index (χ2n) is 3.85. The third kappa shape index (κ3) is 3.33. The van der Waals surface area contributed by atoms with E-state index in [0.29, 0.717) is 11.3 Å². The van der Waals surface area contributed by atoms with Gasteiger partial charge in [0.2, 0.25) is 0 Å². The van der Waals surface area contributed by atoms with E-state index in [-0.39, 0.29) is 26.2 Å². The molecule has 8 heteroatoms. The van der Waals surface area contributed by atoms with Crippen molar-refractivity contribution in [1.29, 1.82) is 0 Å². The van der Waals surface area contributed by atoms with E-state index in [2.05, 4.69) is 15.3 Å². The van der Waals surface area contributed by atoms with Gasteiger partial charge in [0, 0.05) is 0 Å². The Kier molecular flexibility index (Phi) is 4.70. The summed E-state index contributed by atoms with van der Waals surface area (Å²) in [4.78, 5) is 19.9. The first kappa shape index (κ1) is 15.3. The normalized spacial score (nSPS) is 10.4. The number of nitrogens with one attached hydrogen (secondary N) is 1. The maximum atomic E-state index is 12.1. The fourth-order valence-electron chi connectivity index (χ4n) is 1.50. The number of halogens is 4. The topological polar surface area (TPSA) is 54.9 Å². The summed E-state index contributed by atoms with van der Waals surface area (Å²) in [6.45, 7) is 1.74. The number of hydrogen-bond donors (Lipinski definition) is 1. The van der Waals surface area contributed by atoms with Crippen LogP contribution in [0, 0.1) is 6.92 Å². The highest BCUT2D eigenvalue weighted by Crippen LogP contribution is 2.27. The lowest BCUT2D eigenvalue weighted by Crippen LogP contribution is -2.16. The van der Waals surface area contributed by atoms with E-state index in [1.165, 1.54) is 12.1 Å². The summed E-state index contributed by atoms with van der Waals surface area (Å²) in [5.74, 6) is -0.536. The summed E-state index contributed by atoms with van der Waals surface area (Å²) < 4.78 is 0. The van der Waals surface area contributed by atoms with Crippen LogP contribution in [0.2, 0.25) is 20.5 Å². The molecule has 2 rings (SSSR count). The number of carbonyl (C=O) groups is 1. The number of hydrogen-bond acceptors (Lipinski definition) is 3. The van der Waals surface area contributed by atoms with Crippen LogP contribution in [0.5, 0.6) is 0 Å². The minimum Gasteiger partial charge on any atom is -0.318 e. The van der Waals surface area contributed by atoms with Gasteiger partial charge in [-0.3, -0.25) is 4.79 Å². The van der Waals surface area contributed by atoms with Crippen LogP contribution in [0.15, 0.2) is 18.2 Å². The molecule has 1 N–H and O–H groups in total. The molecule has 0 unspecified atom stereocenters. The van der Waals surface area contributed by atoms with Gasteiger partial charge in [-0.25, -0.2) is 9.97 Å². The van der Waals surface area contributed by atoms with Crippen LogP contribution in [0.25, 0.3) is 0 Å². The van der Waals surface area contributed by atoms with Crippen molar-refractivity contribution < 1.29 is 4.79 Å². The number of rotatable bonds is 2. The SMILES string of the molecule is Cc1cc(Cl)nc(Cl)c1NC(=O)c1nc(Cl)ccc1Cl. The Morgan fingerprint density at radius 2 is 1.80 bits per heavy atom. The Morgan fingerprint density at radius 3 is 2.45 bits per heavy atom. The lowest BCUT2D eigenvalue weighted by Gasteiger charge is -2.10. The Morgan fingerprint density at radius 1 is 1.10 bits per heavy atom. The highest BCUT2D eigenvalue weighted by atomic mass is 35.5. The molecule has 4 nitrogen and oxygen atoms in total. The molecular weight excluding hydrogens is 344 g/mol. The zero-order chi connectivity index (χ0) is 14.9. The highest BCUT2D eigenvalue weighted by Gasteiger charge is 2.16. The van der Waals surface area contributed by atoms with E-state index < -0.39 is 5.91 Å². The van der Waals surface area contributed by atoms with Crippen LogP contribution in [0.3, 0.4) is 0 Å². The van der Waals surface area contributed by atoms with Crippen LogP contribution in [0.1, 0.15) is 16.1 Å². The molecule has 0 atom stereocenters. The second kappa shape index (κ2) is 6.14. The fourth-order valence-corrected chi connectivity index (χ4v) is 2.41. The van der Waals surface area contributed by atoms with E-state index in [9.17, 15) is 4.79 Å². The van der Waals surface area contributed by atoms with Crippen LogP contribution in [-0.4, -0.2) is 15.9 Å². The molecule has 0 aliphatic rings. The molecule has 0 aliphatic carbocycles. The smallest absolute Gasteiger partial charge is 0.275 e. The molecule has 0 saturated heterocycles. The van der Waals surface area contributed by atoms with Gasteiger partial charge in [-0.1, -0.05) is 46.4 Å². The van der Waals surface area contributed by atoms with Crippen LogP contribution in [0.4, 0.5) is 5.69 Å². The first-order valence-corrected chi connectivity index (χ1v) is 6.85. The number of aryl methyl sites for hydroxylation is 1. The minimum atomic E-state index is -0.536. The molecule has 0 fully saturated rings. The molecule has 20 heavy (non-hydrogen) atoms. The summed E-state index contributed by atoms with van der Waals surface area (Å²) >= 11 is 23.4. The van der Waals surface area contributed by atoms with Gasteiger partial charge in [0.25, 0.3) is 5.91 Å². The molecule has 0 radical (unpaired) electrons. The Balaban J connectivity index is 2.35. The molecule has 0 aliphatic heterocycles. The van der Waals surface area contributed by atoms with Crippen molar-refractivity contribution >= 4 is 58.0 Å².